The molecule has 2 aromatic rings. The summed E-state index contributed by atoms with van der Waals surface area (Å²) in [6.45, 7) is 1.31. The van der Waals surface area contributed by atoms with Gasteiger partial charge in [0.25, 0.3) is 0 Å². The van der Waals surface area contributed by atoms with Crippen molar-refractivity contribution in [3.63, 3.8) is 0 Å². The smallest absolute Gasteiger partial charge is 0.221 e. The Hall–Kier alpha value is -2.75. The Morgan fingerprint density at radius 3 is 2.10 bits per heavy atom. The minimum Gasteiger partial charge on any atom is -0.506 e. The Morgan fingerprint density at radius 1 is 1.00 bits per heavy atom. The molecule has 0 aliphatic heterocycles. The second-order valence-corrected chi connectivity index (χ2v) is 4.36. The molecular weight excluding hydrogens is 254 g/mol. The van der Waals surface area contributed by atoms with E-state index < -0.39 is 0 Å². The van der Waals surface area contributed by atoms with E-state index in [2.05, 4.69) is 5.32 Å². The van der Waals surface area contributed by atoms with Crippen molar-refractivity contribution >= 4 is 23.7 Å². The van der Waals surface area contributed by atoms with Crippen LogP contribution >= 0.6 is 0 Å². The molecule has 0 aliphatic rings. The summed E-state index contributed by atoms with van der Waals surface area (Å²) in [4.78, 5) is 11.0. The zero-order valence-corrected chi connectivity index (χ0v) is 11.0. The minimum absolute atomic E-state index is 0.0226. The molecular formula is C16H15NO3. The fourth-order valence-corrected chi connectivity index (χ4v) is 1.79. The number of hydrogen-bond acceptors (Lipinski definition) is 3. The van der Waals surface area contributed by atoms with Gasteiger partial charge in [-0.3, -0.25) is 4.79 Å². The highest BCUT2D eigenvalue weighted by atomic mass is 16.3. The van der Waals surface area contributed by atoms with E-state index in [1.54, 1.807) is 6.08 Å². The normalized spacial score (nSPS) is 10.7. The average molecular weight is 269 g/mol. The third-order valence-electron chi connectivity index (χ3n) is 2.69. The van der Waals surface area contributed by atoms with Crippen LogP contribution in [0.4, 0.5) is 5.69 Å². The molecule has 102 valence electrons. The molecule has 0 saturated heterocycles. The van der Waals surface area contributed by atoms with Gasteiger partial charge in [0, 0.05) is 6.92 Å². The van der Waals surface area contributed by atoms with Crippen molar-refractivity contribution in [1.82, 2.24) is 0 Å². The first kappa shape index (κ1) is 13.7. The fourth-order valence-electron chi connectivity index (χ4n) is 1.79. The van der Waals surface area contributed by atoms with Crippen LogP contribution in [0.5, 0.6) is 11.5 Å². The number of benzene rings is 2. The Morgan fingerprint density at radius 2 is 1.55 bits per heavy atom. The maximum Gasteiger partial charge on any atom is 0.221 e. The number of rotatable bonds is 3. The lowest BCUT2D eigenvalue weighted by Gasteiger charge is -2.08. The zero-order valence-electron chi connectivity index (χ0n) is 11.0. The largest absolute Gasteiger partial charge is 0.506 e. The summed E-state index contributed by atoms with van der Waals surface area (Å²) in [7, 11) is 0. The molecule has 0 unspecified atom stereocenters. The van der Waals surface area contributed by atoms with Gasteiger partial charge in [-0.2, -0.15) is 0 Å². The van der Waals surface area contributed by atoms with Gasteiger partial charge < -0.3 is 15.5 Å². The van der Waals surface area contributed by atoms with Crippen molar-refractivity contribution in [1.29, 1.82) is 0 Å². The highest BCUT2D eigenvalue weighted by molar-refractivity contribution is 5.93. The number of amides is 1. The zero-order chi connectivity index (χ0) is 14.5. The van der Waals surface area contributed by atoms with Crippen molar-refractivity contribution in [3.05, 3.63) is 53.6 Å². The average Bonchev–Trinajstić information content (AvgIpc) is 2.41. The van der Waals surface area contributed by atoms with Gasteiger partial charge in [-0.25, -0.2) is 0 Å². The van der Waals surface area contributed by atoms with Crippen LogP contribution in [-0.2, 0) is 4.79 Å². The molecule has 0 bridgehead atoms. The second-order valence-electron chi connectivity index (χ2n) is 4.36. The topological polar surface area (TPSA) is 69.6 Å². The molecule has 0 radical (unpaired) electrons. The van der Waals surface area contributed by atoms with Gasteiger partial charge in [-0.15, -0.1) is 0 Å². The lowest BCUT2D eigenvalue weighted by molar-refractivity contribution is -0.114. The predicted octanol–water partition coefficient (Wildman–Crippen LogP) is 3.23. The van der Waals surface area contributed by atoms with E-state index in [0.29, 0.717) is 5.56 Å². The number of phenols is 2. The Labute approximate surface area is 117 Å². The summed E-state index contributed by atoms with van der Waals surface area (Å²) in [5.41, 5.74) is 1.67. The summed E-state index contributed by atoms with van der Waals surface area (Å²) in [6, 6.07) is 12.6. The molecule has 0 heterocycles. The van der Waals surface area contributed by atoms with E-state index in [1.165, 1.54) is 19.1 Å². The van der Waals surface area contributed by atoms with Crippen LogP contribution in [0.15, 0.2) is 42.5 Å². The molecule has 4 nitrogen and oxygen atoms in total. The van der Waals surface area contributed by atoms with Crippen LogP contribution in [0.25, 0.3) is 12.2 Å². The molecule has 2 rings (SSSR count). The highest BCUT2D eigenvalue weighted by Gasteiger charge is 2.09. The first-order valence-corrected chi connectivity index (χ1v) is 6.13. The van der Waals surface area contributed by atoms with Gasteiger partial charge in [-0.05, 0) is 23.3 Å². The Kier molecular flexibility index (Phi) is 4.05. The van der Waals surface area contributed by atoms with E-state index in [4.69, 9.17) is 0 Å². The van der Waals surface area contributed by atoms with Crippen molar-refractivity contribution in [3.8, 4) is 11.5 Å². The van der Waals surface area contributed by atoms with E-state index >= 15 is 0 Å². The first-order valence-electron chi connectivity index (χ1n) is 6.13. The van der Waals surface area contributed by atoms with Crippen LogP contribution < -0.4 is 5.32 Å². The molecule has 3 N–H and O–H groups in total. The summed E-state index contributed by atoms with van der Waals surface area (Å²) in [5, 5.41) is 22.0. The molecule has 20 heavy (non-hydrogen) atoms. The Balaban J connectivity index is 2.26. The quantitative estimate of drug-likeness (QED) is 0.592. The number of anilines is 1. The molecule has 2 aromatic carbocycles. The molecule has 4 heteroatoms. The lowest BCUT2D eigenvalue weighted by Crippen LogP contribution is -2.06. The van der Waals surface area contributed by atoms with Gasteiger partial charge >= 0.3 is 0 Å². The highest BCUT2D eigenvalue weighted by Crippen LogP contribution is 2.34. The van der Waals surface area contributed by atoms with E-state index in [-0.39, 0.29) is 23.1 Å². The van der Waals surface area contributed by atoms with Crippen LogP contribution in [-0.4, -0.2) is 16.1 Å². The van der Waals surface area contributed by atoms with Gasteiger partial charge in [0.15, 0.2) is 0 Å². The molecule has 0 atom stereocenters. The summed E-state index contributed by atoms with van der Waals surface area (Å²) in [5.74, 6) is -0.705. The van der Waals surface area contributed by atoms with E-state index in [1.807, 2.05) is 36.4 Å². The minimum atomic E-state index is -0.358. The van der Waals surface area contributed by atoms with Gasteiger partial charge in [0.2, 0.25) is 5.91 Å². The number of carbonyl (C=O) groups is 1. The van der Waals surface area contributed by atoms with Crippen LogP contribution in [0.1, 0.15) is 18.1 Å². The fraction of sp³-hybridized carbons (Fsp3) is 0.0625. The summed E-state index contributed by atoms with van der Waals surface area (Å²) in [6.07, 6.45) is 3.64. The maximum atomic E-state index is 11.0. The van der Waals surface area contributed by atoms with Gasteiger partial charge in [0.05, 0.1) is 0 Å². The van der Waals surface area contributed by atoms with Crippen molar-refractivity contribution in [2.45, 2.75) is 6.92 Å². The lowest BCUT2D eigenvalue weighted by atomic mass is 10.1. The van der Waals surface area contributed by atoms with Gasteiger partial charge in [0.1, 0.15) is 17.2 Å². The van der Waals surface area contributed by atoms with Crippen molar-refractivity contribution < 1.29 is 15.0 Å². The maximum absolute atomic E-state index is 11.0. The molecule has 0 saturated carbocycles. The third kappa shape index (κ3) is 3.38. The number of phenolic OH excluding ortho intramolecular Hbond substituents is 2. The summed E-state index contributed by atoms with van der Waals surface area (Å²) >= 11 is 0. The second kappa shape index (κ2) is 5.93. The standard InChI is InChI=1S/C16H15NO3/c1-11(18)17-16-14(19)9-13(10-15(16)20)8-7-12-5-3-2-4-6-12/h2-10,19-20H,1H3,(H,17,18)/b8-7+. The number of hydrogen-bond donors (Lipinski definition) is 3. The predicted molar refractivity (Wildman–Crippen MR) is 79.4 cm³/mol. The molecule has 0 spiro atoms. The van der Waals surface area contributed by atoms with Crippen LogP contribution in [0.2, 0.25) is 0 Å². The van der Waals surface area contributed by atoms with Gasteiger partial charge in [-0.1, -0.05) is 42.5 Å². The van der Waals surface area contributed by atoms with E-state index in [0.717, 1.165) is 5.56 Å². The SMILES string of the molecule is CC(=O)Nc1c(O)cc(/C=C/c2ccccc2)cc1O. The van der Waals surface area contributed by atoms with Crippen molar-refractivity contribution in [2.75, 3.05) is 5.32 Å². The third-order valence-corrected chi connectivity index (χ3v) is 2.69. The first-order chi connectivity index (χ1) is 9.56. The van der Waals surface area contributed by atoms with Crippen LogP contribution in [0, 0.1) is 0 Å². The summed E-state index contributed by atoms with van der Waals surface area (Å²) < 4.78 is 0. The number of carbonyl (C=O) groups excluding carboxylic acids is 1. The molecule has 0 aliphatic carbocycles. The Bertz CT molecular complexity index is 625. The molecule has 0 fully saturated rings. The molecule has 0 aromatic heterocycles. The van der Waals surface area contributed by atoms with Crippen molar-refractivity contribution in [2.24, 2.45) is 0 Å². The number of nitrogens with one attached hydrogen (secondary N) is 1. The van der Waals surface area contributed by atoms with E-state index in [9.17, 15) is 15.0 Å². The monoisotopic (exact) mass is 269 g/mol. The molecule has 1 amide bonds. The van der Waals surface area contributed by atoms with Crippen LogP contribution in [0.3, 0.4) is 0 Å². The number of aromatic hydroxyl groups is 2.